The normalized spacial score (nSPS) is 14.5. The molecule has 190 valence electrons. The maximum absolute atomic E-state index is 11.6. The zero-order valence-corrected chi connectivity index (χ0v) is 21.4. The summed E-state index contributed by atoms with van der Waals surface area (Å²) in [6, 6.07) is 21.3. The third-order valence-corrected chi connectivity index (χ3v) is 7.23. The zero-order chi connectivity index (χ0) is 25.9. The predicted octanol–water partition coefficient (Wildman–Crippen LogP) is 3.94. The quantitative estimate of drug-likeness (QED) is 0.388. The topological polar surface area (TPSA) is 105 Å². The van der Waals surface area contributed by atoms with Crippen LogP contribution in [0, 0.1) is 0 Å². The van der Waals surface area contributed by atoms with Gasteiger partial charge in [-0.2, -0.15) is 0 Å². The van der Waals surface area contributed by atoms with E-state index in [1.165, 1.54) is 11.4 Å². The summed E-state index contributed by atoms with van der Waals surface area (Å²) < 4.78 is 23.7. The lowest BCUT2D eigenvalue weighted by Crippen LogP contribution is -2.48. The minimum Gasteiger partial charge on any atom is -0.755 e. The van der Waals surface area contributed by atoms with Crippen LogP contribution in [0.1, 0.15) is 6.92 Å². The van der Waals surface area contributed by atoms with Crippen LogP contribution in [0.25, 0.3) is 22.0 Å². The van der Waals surface area contributed by atoms with Crippen LogP contribution in [0.3, 0.4) is 0 Å². The van der Waals surface area contributed by atoms with Gasteiger partial charge in [0.1, 0.15) is 0 Å². The molecule has 10 heteroatoms. The molecule has 9 nitrogen and oxygen atoms in total. The second kappa shape index (κ2) is 10.5. The van der Waals surface area contributed by atoms with Crippen LogP contribution in [0.5, 0.6) is 0 Å². The lowest BCUT2D eigenvalue weighted by molar-refractivity contribution is -0.129. The highest BCUT2D eigenvalue weighted by Gasteiger charge is 2.19. The van der Waals surface area contributed by atoms with Crippen molar-refractivity contribution < 1.29 is 13.6 Å². The van der Waals surface area contributed by atoms with E-state index in [0.717, 1.165) is 59.6 Å². The second-order valence-corrected chi connectivity index (χ2v) is 9.85. The Morgan fingerprint density at radius 3 is 2.46 bits per heavy atom. The number of anilines is 4. The number of benzene rings is 3. The molecule has 5 rings (SSSR count). The maximum atomic E-state index is 11.6. The van der Waals surface area contributed by atoms with Gasteiger partial charge in [0.05, 0.1) is 5.52 Å². The first-order valence-corrected chi connectivity index (χ1v) is 13.0. The van der Waals surface area contributed by atoms with E-state index < -0.39 is 11.3 Å². The molecule has 0 saturated carbocycles. The largest absolute Gasteiger partial charge is 0.755 e. The minimum atomic E-state index is -2.33. The van der Waals surface area contributed by atoms with Crippen molar-refractivity contribution in [3.05, 3.63) is 72.9 Å². The number of piperazine rings is 1. The molecular formula is C27H27N6O3S-. The number of carbonyl (C=O) groups excluding carboxylic acids is 1. The first kappa shape index (κ1) is 24.7. The molecule has 3 aromatic carbocycles. The van der Waals surface area contributed by atoms with Crippen molar-refractivity contribution in [3.8, 4) is 11.1 Å². The van der Waals surface area contributed by atoms with Gasteiger partial charge in [-0.05, 0) is 35.9 Å². The zero-order valence-electron chi connectivity index (χ0n) is 20.6. The molecular weight excluding hydrogens is 488 g/mol. The molecule has 1 unspecified atom stereocenters. The Morgan fingerprint density at radius 1 is 1.03 bits per heavy atom. The summed E-state index contributed by atoms with van der Waals surface area (Å²) in [5.41, 5.74) is 5.19. The van der Waals surface area contributed by atoms with Gasteiger partial charge in [0, 0.05) is 85.6 Å². The Balaban J connectivity index is 1.38. The van der Waals surface area contributed by atoms with Crippen LogP contribution in [-0.4, -0.2) is 62.8 Å². The number of fused-ring (bicyclic) bond motifs is 1. The highest BCUT2D eigenvalue weighted by molar-refractivity contribution is 7.80. The van der Waals surface area contributed by atoms with E-state index >= 15 is 0 Å². The van der Waals surface area contributed by atoms with Gasteiger partial charge in [0.15, 0.2) is 0 Å². The molecule has 2 heterocycles. The fraction of sp³-hybridized carbons (Fsp3) is 0.222. The number of nitrogens with zero attached hydrogens (tertiary/aromatic N) is 5. The molecule has 1 N–H and O–H groups in total. The molecule has 0 radical (unpaired) electrons. The number of nitrogens with one attached hydrogen (secondary N) is 1. The Kier molecular flexibility index (Phi) is 7.02. The molecule has 1 atom stereocenters. The van der Waals surface area contributed by atoms with Crippen LogP contribution in [-0.2, 0) is 16.1 Å². The third-order valence-electron chi connectivity index (χ3n) is 6.57. The van der Waals surface area contributed by atoms with Crippen molar-refractivity contribution in [2.75, 3.05) is 47.7 Å². The van der Waals surface area contributed by atoms with Crippen molar-refractivity contribution in [2.45, 2.75) is 6.92 Å². The van der Waals surface area contributed by atoms with Gasteiger partial charge < -0.3 is 24.0 Å². The van der Waals surface area contributed by atoms with Crippen molar-refractivity contribution >= 4 is 51.1 Å². The molecule has 0 aliphatic carbocycles. The van der Waals surface area contributed by atoms with Gasteiger partial charge in [0.2, 0.25) is 11.9 Å². The van der Waals surface area contributed by atoms with Gasteiger partial charge >= 0.3 is 0 Å². The van der Waals surface area contributed by atoms with Crippen molar-refractivity contribution in [3.63, 3.8) is 0 Å². The average molecular weight is 516 g/mol. The van der Waals surface area contributed by atoms with E-state index in [2.05, 4.69) is 27.3 Å². The van der Waals surface area contributed by atoms with Crippen LogP contribution in [0.2, 0.25) is 0 Å². The number of rotatable bonds is 6. The number of hydrogen-bond acceptors (Lipinski definition) is 7. The molecule has 1 fully saturated rings. The molecule has 1 amide bonds. The first-order valence-electron chi connectivity index (χ1n) is 12.0. The van der Waals surface area contributed by atoms with Crippen LogP contribution >= 0.6 is 0 Å². The highest BCUT2D eigenvalue weighted by atomic mass is 32.2. The van der Waals surface area contributed by atoms with E-state index in [-0.39, 0.29) is 5.91 Å². The van der Waals surface area contributed by atoms with E-state index in [4.69, 9.17) is 4.98 Å². The lowest BCUT2D eigenvalue weighted by atomic mass is 10.0. The fourth-order valence-electron chi connectivity index (χ4n) is 4.47. The molecule has 1 saturated heterocycles. The standard InChI is InChI=1S/C27H28N6O3S/c1-19(34)32-13-15-33(16-14-32)24-7-4-6-22(17-24)29-27-28-18-21-5-3-8-25(26(21)30-27)20-9-11-23(12-10-20)31(2)37(35)36/h3-12,17-18H,13-16H2,1-2H3,(H,35,36)(H,28,29,30)/p-1. The van der Waals surface area contributed by atoms with Crippen molar-refractivity contribution in [1.82, 2.24) is 14.9 Å². The van der Waals surface area contributed by atoms with Crippen LogP contribution in [0.4, 0.5) is 23.0 Å². The average Bonchev–Trinajstić information content (AvgIpc) is 2.92. The Labute approximate surface area is 218 Å². The van der Waals surface area contributed by atoms with Gasteiger partial charge in [-0.25, -0.2) is 9.97 Å². The smallest absolute Gasteiger partial charge is 0.227 e. The molecule has 1 aliphatic rings. The summed E-state index contributed by atoms with van der Waals surface area (Å²) in [6.45, 7) is 4.63. The van der Waals surface area contributed by atoms with E-state index in [1.54, 1.807) is 25.3 Å². The summed E-state index contributed by atoms with van der Waals surface area (Å²) in [6.07, 6.45) is 1.79. The summed E-state index contributed by atoms with van der Waals surface area (Å²) in [4.78, 5) is 25.1. The van der Waals surface area contributed by atoms with Crippen molar-refractivity contribution in [1.29, 1.82) is 0 Å². The van der Waals surface area contributed by atoms with Gasteiger partial charge in [0.25, 0.3) is 0 Å². The van der Waals surface area contributed by atoms with Gasteiger partial charge in [-0.3, -0.25) is 9.00 Å². The number of aromatic nitrogens is 2. The Bertz CT molecular complexity index is 1450. The monoisotopic (exact) mass is 515 g/mol. The summed E-state index contributed by atoms with van der Waals surface area (Å²) in [5, 5.41) is 4.23. The first-order chi connectivity index (χ1) is 17.9. The number of hydrogen-bond donors (Lipinski definition) is 1. The number of para-hydroxylation sites is 1. The van der Waals surface area contributed by atoms with E-state index in [0.29, 0.717) is 11.6 Å². The third kappa shape index (κ3) is 5.40. The predicted molar refractivity (Wildman–Crippen MR) is 146 cm³/mol. The molecule has 1 aliphatic heterocycles. The van der Waals surface area contributed by atoms with Crippen LogP contribution in [0.15, 0.2) is 72.9 Å². The Morgan fingerprint density at radius 2 is 1.76 bits per heavy atom. The van der Waals surface area contributed by atoms with Crippen molar-refractivity contribution in [2.24, 2.45) is 0 Å². The molecule has 0 spiro atoms. The number of amides is 1. The Hall–Kier alpha value is -4.02. The minimum absolute atomic E-state index is 0.116. The maximum Gasteiger partial charge on any atom is 0.227 e. The van der Waals surface area contributed by atoms with Crippen LogP contribution < -0.4 is 14.5 Å². The second-order valence-electron chi connectivity index (χ2n) is 8.87. The molecule has 0 bridgehead atoms. The van der Waals surface area contributed by atoms with Gasteiger partial charge in [-0.1, -0.05) is 36.4 Å². The van der Waals surface area contributed by atoms with Gasteiger partial charge in [-0.15, -0.1) is 0 Å². The summed E-state index contributed by atoms with van der Waals surface area (Å²) >= 11 is -2.33. The summed E-state index contributed by atoms with van der Waals surface area (Å²) in [5.74, 6) is 0.599. The lowest BCUT2D eigenvalue weighted by Gasteiger charge is -2.35. The molecule has 1 aromatic heterocycles. The molecule has 37 heavy (non-hydrogen) atoms. The number of carbonyl (C=O) groups is 1. The fourth-order valence-corrected chi connectivity index (χ4v) is 4.77. The molecule has 4 aromatic rings. The SMILES string of the molecule is CC(=O)N1CCN(c2cccc(Nc3ncc4cccc(-c5ccc(N(C)S(=O)[O-])cc5)c4n3)c2)CC1. The highest BCUT2D eigenvalue weighted by Crippen LogP contribution is 2.30. The van der Waals surface area contributed by atoms with E-state index in [9.17, 15) is 13.6 Å². The van der Waals surface area contributed by atoms with E-state index in [1.807, 2.05) is 47.4 Å². The summed E-state index contributed by atoms with van der Waals surface area (Å²) in [7, 11) is 1.50.